The molecule has 0 aliphatic heterocycles. The highest BCUT2D eigenvalue weighted by molar-refractivity contribution is 7.20. The van der Waals surface area contributed by atoms with Crippen LogP contribution in [0.15, 0.2) is 158 Å². The van der Waals surface area contributed by atoms with Gasteiger partial charge in [0.05, 0.1) is 44.6 Å². The number of fused-ring (bicyclic) bond motifs is 11. The van der Waals surface area contributed by atoms with Crippen LogP contribution in [-0.4, -0.2) is 9.13 Å². The molecule has 0 aliphatic carbocycles. The smallest absolute Gasteiger partial charge is 0.101 e. The normalized spacial score (nSPS) is 12.0. The molecule has 58 heavy (non-hydrogen) atoms. The average Bonchev–Trinajstić information content (AvgIpc) is 3.93. The molecular weight excluding hydrogens is 725 g/mol. The second-order valence-corrected chi connectivity index (χ2v) is 15.9. The molecule has 3 heterocycles. The van der Waals surface area contributed by atoms with Crippen molar-refractivity contribution in [2.24, 2.45) is 0 Å². The Bertz CT molecular complexity index is 3690. The Morgan fingerprint density at radius 1 is 0.552 bits per heavy atom. The van der Waals surface area contributed by atoms with Crippen molar-refractivity contribution in [1.82, 2.24) is 9.13 Å². The maximum Gasteiger partial charge on any atom is 0.101 e. The van der Waals surface area contributed by atoms with Gasteiger partial charge in [0.25, 0.3) is 0 Å². The van der Waals surface area contributed by atoms with Crippen LogP contribution in [0.1, 0.15) is 34.1 Å². The van der Waals surface area contributed by atoms with E-state index in [-0.39, 0.29) is 0 Å². The van der Waals surface area contributed by atoms with E-state index >= 15 is 0 Å². The fourth-order valence-electron chi connectivity index (χ4n) is 9.10. The molecule has 11 rings (SSSR count). The topological polar surface area (TPSA) is 57.4 Å². The Kier molecular flexibility index (Phi) is 7.50. The molecular formula is C53H32N4S. The summed E-state index contributed by atoms with van der Waals surface area (Å²) >= 11 is 1.76. The van der Waals surface area contributed by atoms with Gasteiger partial charge in [0.15, 0.2) is 0 Å². The van der Waals surface area contributed by atoms with E-state index in [1.165, 1.54) is 15.6 Å². The van der Waals surface area contributed by atoms with Crippen molar-refractivity contribution in [3.63, 3.8) is 0 Å². The van der Waals surface area contributed by atoms with Gasteiger partial charge in [-0.2, -0.15) is 10.5 Å². The summed E-state index contributed by atoms with van der Waals surface area (Å²) in [4.78, 5) is 1.15. The second-order valence-electron chi connectivity index (χ2n) is 14.8. The van der Waals surface area contributed by atoms with Crippen LogP contribution in [0.5, 0.6) is 0 Å². The van der Waals surface area contributed by atoms with Crippen LogP contribution in [0.3, 0.4) is 0 Å². The number of nitriles is 2. The SMILES string of the molecule is C=Cc1sc2ccccc2c1/C=C(\C)c1ccc2c(c1)c1c3ccccc3ccc1n2-c1cc(C#N)c(-n2c3ccccc3c3c4ccccc4ccc32)cc1C#N. The molecule has 0 spiro atoms. The quantitative estimate of drug-likeness (QED) is 0.176. The number of thiophene rings is 1. The van der Waals surface area contributed by atoms with E-state index in [1.54, 1.807) is 11.3 Å². The summed E-state index contributed by atoms with van der Waals surface area (Å²) in [5.41, 5.74) is 9.66. The highest BCUT2D eigenvalue weighted by atomic mass is 32.1. The zero-order chi connectivity index (χ0) is 39.1. The lowest BCUT2D eigenvalue weighted by atomic mass is 9.99. The van der Waals surface area contributed by atoms with Gasteiger partial charge in [-0.1, -0.05) is 116 Å². The van der Waals surface area contributed by atoms with Crippen molar-refractivity contribution in [3.8, 4) is 23.5 Å². The van der Waals surface area contributed by atoms with E-state index < -0.39 is 0 Å². The molecule has 5 heteroatoms. The second kappa shape index (κ2) is 12.9. The predicted molar refractivity (Wildman–Crippen MR) is 245 cm³/mol. The lowest BCUT2D eigenvalue weighted by molar-refractivity contribution is 1.12. The predicted octanol–water partition coefficient (Wildman–Crippen LogP) is 14.3. The van der Waals surface area contributed by atoms with E-state index in [0.717, 1.165) is 81.2 Å². The molecule has 4 nitrogen and oxygen atoms in total. The van der Waals surface area contributed by atoms with E-state index in [4.69, 9.17) is 0 Å². The standard InChI is InChI=1S/C53H32N4S/c1-3-50-42(40-16-9-11-19-51(40)58-50)26-32(2)35-22-23-45-43(27-35)53-39-15-7-5-13-34(39)21-25-47(53)57(45)49-29-36(30-54)48(28-37(49)31-55)56-44-18-10-8-17-41(44)52-38-14-6-4-12-33(38)20-24-46(52)56/h3-29H,1H2,2H3/b32-26+. The van der Waals surface area contributed by atoms with E-state index in [0.29, 0.717) is 22.5 Å². The lowest BCUT2D eigenvalue weighted by Gasteiger charge is -2.16. The summed E-state index contributed by atoms with van der Waals surface area (Å²) in [6, 6.07) is 57.7. The Morgan fingerprint density at radius 2 is 1.07 bits per heavy atom. The van der Waals surface area contributed by atoms with Gasteiger partial charge in [-0.05, 0) is 94.2 Å². The van der Waals surface area contributed by atoms with Crippen LogP contribution in [0, 0.1) is 22.7 Å². The van der Waals surface area contributed by atoms with Crippen LogP contribution in [-0.2, 0) is 0 Å². The number of rotatable bonds is 5. The Labute approximate surface area is 338 Å². The van der Waals surface area contributed by atoms with Gasteiger partial charge in [0, 0.05) is 42.1 Å². The first-order valence-electron chi connectivity index (χ1n) is 19.2. The zero-order valence-corrected chi connectivity index (χ0v) is 32.3. The molecule has 270 valence electrons. The van der Waals surface area contributed by atoms with Gasteiger partial charge >= 0.3 is 0 Å². The lowest BCUT2D eigenvalue weighted by Crippen LogP contribution is -2.04. The number of allylic oxidation sites excluding steroid dienone is 1. The van der Waals surface area contributed by atoms with E-state index in [9.17, 15) is 10.5 Å². The Hall–Kier alpha value is -7.70. The maximum atomic E-state index is 11.0. The summed E-state index contributed by atoms with van der Waals surface area (Å²) < 4.78 is 5.56. The molecule has 11 aromatic rings. The van der Waals surface area contributed by atoms with Crippen molar-refractivity contribution in [3.05, 3.63) is 185 Å². The van der Waals surface area contributed by atoms with Crippen molar-refractivity contribution < 1.29 is 0 Å². The molecule has 3 aromatic heterocycles. The zero-order valence-electron chi connectivity index (χ0n) is 31.5. The number of benzene rings is 8. The van der Waals surface area contributed by atoms with E-state index in [1.807, 2.05) is 24.3 Å². The van der Waals surface area contributed by atoms with Crippen molar-refractivity contribution in [2.45, 2.75) is 6.92 Å². The molecule has 0 aliphatic rings. The summed E-state index contributed by atoms with van der Waals surface area (Å²) in [7, 11) is 0. The van der Waals surface area contributed by atoms with Gasteiger partial charge in [-0.25, -0.2) is 0 Å². The maximum absolute atomic E-state index is 11.0. The number of para-hydroxylation sites is 1. The van der Waals surface area contributed by atoms with Crippen molar-refractivity contribution in [2.75, 3.05) is 0 Å². The number of hydrogen-bond acceptors (Lipinski definition) is 3. The summed E-state index contributed by atoms with van der Waals surface area (Å²) in [5.74, 6) is 0. The highest BCUT2D eigenvalue weighted by Crippen LogP contribution is 2.42. The average molecular weight is 757 g/mol. The minimum Gasteiger partial charge on any atom is -0.308 e. The summed E-state index contributed by atoms with van der Waals surface area (Å²) in [5, 5.41) is 32.1. The third-order valence-corrected chi connectivity index (χ3v) is 12.9. The van der Waals surface area contributed by atoms with Gasteiger partial charge < -0.3 is 9.13 Å². The monoisotopic (exact) mass is 756 g/mol. The van der Waals surface area contributed by atoms with Gasteiger partial charge in [0.2, 0.25) is 0 Å². The molecule has 8 aromatic carbocycles. The molecule has 0 fully saturated rings. The van der Waals surface area contributed by atoms with Crippen LogP contribution in [0.4, 0.5) is 0 Å². The number of aromatic nitrogens is 2. The van der Waals surface area contributed by atoms with Crippen LogP contribution in [0.2, 0.25) is 0 Å². The minimum atomic E-state index is 0.481. The van der Waals surface area contributed by atoms with Crippen LogP contribution in [0.25, 0.3) is 104 Å². The molecule has 0 radical (unpaired) electrons. The van der Waals surface area contributed by atoms with E-state index in [2.05, 4.69) is 174 Å². The van der Waals surface area contributed by atoms with Crippen molar-refractivity contribution >= 4 is 104 Å². The Balaban J connectivity index is 1.17. The molecule has 0 bridgehead atoms. The molecule has 0 saturated heterocycles. The third kappa shape index (κ3) is 4.85. The largest absolute Gasteiger partial charge is 0.308 e. The molecule has 0 atom stereocenters. The van der Waals surface area contributed by atoms with Crippen molar-refractivity contribution in [1.29, 1.82) is 10.5 Å². The number of nitrogens with zero attached hydrogens (tertiary/aromatic N) is 4. The molecule has 0 amide bonds. The first-order chi connectivity index (χ1) is 28.6. The fourth-order valence-corrected chi connectivity index (χ4v) is 10.1. The van der Waals surface area contributed by atoms with Gasteiger partial charge in [-0.15, -0.1) is 11.3 Å². The molecule has 0 saturated carbocycles. The van der Waals surface area contributed by atoms with Gasteiger partial charge in [0.1, 0.15) is 12.1 Å². The van der Waals surface area contributed by atoms with Crippen LogP contribution < -0.4 is 0 Å². The molecule has 0 N–H and O–H groups in total. The van der Waals surface area contributed by atoms with Gasteiger partial charge in [-0.3, -0.25) is 0 Å². The fraction of sp³-hybridized carbons (Fsp3) is 0.0189. The number of hydrogen-bond donors (Lipinski definition) is 0. The van der Waals surface area contributed by atoms with Crippen LogP contribution >= 0.6 is 11.3 Å². The summed E-state index contributed by atoms with van der Waals surface area (Å²) in [6.45, 7) is 6.29. The first-order valence-corrected chi connectivity index (χ1v) is 20.1. The minimum absolute atomic E-state index is 0.481. The highest BCUT2D eigenvalue weighted by Gasteiger charge is 2.23. The third-order valence-electron chi connectivity index (χ3n) is 11.7. The molecule has 0 unspecified atom stereocenters. The first kappa shape index (κ1) is 33.6. The summed E-state index contributed by atoms with van der Waals surface area (Å²) in [6.07, 6.45) is 4.22. The Morgan fingerprint density at radius 3 is 1.69 bits per heavy atom.